The summed E-state index contributed by atoms with van der Waals surface area (Å²) >= 11 is 6.82. The zero-order valence-electron chi connectivity index (χ0n) is 8.10. The van der Waals surface area contributed by atoms with Crippen LogP contribution in [0.1, 0.15) is 12.8 Å². The summed E-state index contributed by atoms with van der Waals surface area (Å²) in [5.74, 6) is 0. The summed E-state index contributed by atoms with van der Waals surface area (Å²) in [6.45, 7) is 1.51. The number of halogens is 2. The van der Waals surface area contributed by atoms with E-state index < -0.39 is 0 Å². The van der Waals surface area contributed by atoms with Crippen molar-refractivity contribution in [1.29, 1.82) is 0 Å². The van der Waals surface area contributed by atoms with Crippen LogP contribution in [-0.4, -0.2) is 46.0 Å². The Balaban J connectivity index is 2.09. The molecule has 4 nitrogen and oxygen atoms in total. The van der Waals surface area contributed by atoms with E-state index in [1.807, 2.05) is 5.01 Å². The van der Waals surface area contributed by atoms with Gasteiger partial charge in [-0.1, -0.05) is 15.9 Å². The maximum atomic E-state index is 11.0. The molecule has 2 rings (SSSR count). The summed E-state index contributed by atoms with van der Waals surface area (Å²) < 4.78 is 6.09. The summed E-state index contributed by atoms with van der Waals surface area (Å²) in [7, 11) is 0. The van der Waals surface area contributed by atoms with E-state index in [-0.39, 0.29) is 10.9 Å². The Kier molecular flexibility index (Phi) is 3.79. The molecule has 0 aromatic heterocycles. The van der Waals surface area contributed by atoms with Crippen LogP contribution in [0.3, 0.4) is 0 Å². The first-order chi connectivity index (χ1) is 7.24. The van der Waals surface area contributed by atoms with Gasteiger partial charge in [-0.3, -0.25) is 5.01 Å². The van der Waals surface area contributed by atoms with Gasteiger partial charge >= 0.3 is 0 Å². The smallest absolute Gasteiger partial charge is 0.145 e. The van der Waals surface area contributed by atoms with Crippen molar-refractivity contribution in [2.45, 2.75) is 29.8 Å². The van der Waals surface area contributed by atoms with Crippen LogP contribution in [-0.2, 0) is 9.53 Å². The highest BCUT2D eigenvalue weighted by molar-refractivity contribution is 9.20. The Morgan fingerprint density at radius 2 is 2.13 bits per heavy atom. The van der Waals surface area contributed by atoms with Crippen molar-refractivity contribution in [3.8, 4) is 0 Å². The summed E-state index contributed by atoms with van der Waals surface area (Å²) in [6, 6.07) is 0.131. The van der Waals surface area contributed by atoms with E-state index in [4.69, 9.17) is 4.74 Å². The molecule has 0 aromatic rings. The lowest BCUT2D eigenvalue weighted by Gasteiger charge is -2.32. The van der Waals surface area contributed by atoms with Gasteiger partial charge in [0, 0.05) is 13.2 Å². The van der Waals surface area contributed by atoms with Crippen LogP contribution in [0.5, 0.6) is 0 Å². The third kappa shape index (κ3) is 2.26. The van der Waals surface area contributed by atoms with Gasteiger partial charge in [0.25, 0.3) is 0 Å². The average molecular weight is 340 g/mol. The lowest BCUT2D eigenvalue weighted by molar-refractivity contribution is -0.113. The zero-order chi connectivity index (χ0) is 10.8. The van der Waals surface area contributed by atoms with Crippen LogP contribution in [0.15, 0.2) is 5.10 Å². The van der Waals surface area contributed by atoms with Crippen LogP contribution in [0.2, 0.25) is 0 Å². The number of carbonyl (C=O) groups is 1. The predicted molar refractivity (Wildman–Crippen MR) is 64.6 cm³/mol. The topological polar surface area (TPSA) is 41.9 Å². The van der Waals surface area contributed by atoms with Crippen LogP contribution < -0.4 is 0 Å². The van der Waals surface area contributed by atoms with Crippen molar-refractivity contribution >= 4 is 42.8 Å². The number of rotatable bonds is 2. The van der Waals surface area contributed by atoms with Crippen molar-refractivity contribution in [3.05, 3.63) is 0 Å². The lowest BCUT2D eigenvalue weighted by atomic mass is 10.1. The molecule has 1 fully saturated rings. The fourth-order valence-electron chi connectivity index (χ4n) is 1.91. The molecule has 0 aromatic carbocycles. The fraction of sp³-hybridized carbons (Fsp3) is 0.778. The molecule has 0 saturated carbocycles. The number of nitrogens with zero attached hydrogens (tertiary/aromatic N) is 2. The number of ether oxygens (including phenoxy) is 1. The normalized spacial score (nSPS) is 32.9. The van der Waals surface area contributed by atoms with Crippen LogP contribution in [0.25, 0.3) is 0 Å². The maximum Gasteiger partial charge on any atom is 0.145 e. The van der Waals surface area contributed by atoms with Gasteiger partial charge in [0.05, 0.1) is 10.9 Å². The molecule has 0 aliphatic carbocycles. The quantitative estimate of drug-likeness (QED) is 0.566. The molecular weight excluding hydrogens is 328 g/mol. The van der Waals surface area contributed by atoms with E-state index in [1.54, 1.807) is 0 Å². The second-order valence-electron chi connectivity index (χ2n) is 3.67. The molecule has 0 radical (unpaired) electrons. The fourth-order valence-corrected chi connectivity index (χ4v) is 2.83. The van der Waals surface area contributed by atoms with Gasteiger partial charge in [0.2, 0.25) is 0 Å². The first kappa shape index (κ1) is 11.5. The minimum Gasteiger partial charge on any atom is -0.381 e. The van der Waals surface area contributed by atoms with Gasteiger partial charge in [0.1, 0.15) is 16.9 Å². The van der Waals surface area contributed by atoms with Crippen molar-refractivity contribution in [3.63, 3.8) is 0 Å². The van der Waals surface area contributed by atoms with Crippen molar-refractivity contribution < 1.29 is 9.53 Å². The molecule has 1 saturated heterocycles. The second kappa shape index (κ2) is 4.93. The molecule has 0 N–H and O–H groups in total. The largest absolute Gasteiger partial charge is 0.381 e. The second-order valence-corrected chi connectivity index (χ2v) is 5.47. The molecule has 6 heteroatoms. The van der Waals surface area contributed by atoms with E-state index in [0.717, 1.165) is 37.0 Å². The summed E-state index contributed by atoms with van der Waals surface area (Å²) in [5, 5.41) is 6.28. The van der Waals surface area contributed by atoms with Gasteiger partial charge in [-0.2, -0.15) is 5.10 Å². The minimum atomic E-state index is -0.192. The average Bonchev–Trinajstić information content (AvgIpc) is 2.56. The number of alkyl halides is 1. The van der Waals surface area contributed by atoms with E-state index in [0.29, 0.717) is 6.04 Å². The van der Waals surface area contributed by atoms with Gasteiger partial charge in [-0.15, -0.1) is 0 Å². The van der Waals surface area contributed by atoms with E-state index in [2.05, 4.69) is 37.0 Å². The number of aldehydes is 1. The summed E-state index contributed by atoms with van der Waals surface area (Å²) in [5.41, 5.74) is 0. The zero-order valence-corrected chi connectivity index (χ0v) is 11.3. The minimum absolute atomic E-state index is 0.0159. The molecule has 84 valence electrons. The SMILES string of the molecule is O=C[C@H]1C(Br)C(Br)=NN1C1CCOCC1. The summed E-state index contributed by atoms with van der Waals surface area (Å²) in [4.78, 5) is 11.0. The molecule has 2 aliphatic rings. The Morgan fingerprint density at radius 3 is 2.73 bits per heavy atom. The Bertz CT molecular complexity index is 279. The highest BCUT2D eigenvalue weighted by atomic mass is 79.9. The van der Waals surface area contributed by atoms with E-state index >= 15 is 0 Å². The third-order valence-electron chi connectivity index (χ3n) is 2.75. The molecule has 1 unspecified atom stereocenters. The molecular formula is C9H12Br2N2O2. The van der Waals surface area contributed by atoms with Crippen molar-refractivity contribution in [1.82, 2.24) is 5.01 Å². The standard InChI is InChI=1S/C9H12Br2N2O2/c10-8-7(5-14)13(12-9(8)11)6-1-3-15-4-2-6/h5-8H,1-4H2/t7-,8?/m0/s1. The van der Waals surface area contributed by atoms with Gasteiger partial charge < -0.3 is 9.53 Å². The van der Waals surface area contributed by atoms with Crippen LogP contribution >= 0.6 is 31.9 Å². The predicted octanol–water partition coefficient (Wildman–Crippen LogP) is 1.52. The van der Waals surface area contributed by atoms with E-state index in [9.17, 15) is 4.79 Å². The first-order valence-electron chi connectivity index (χ1n) is 4.93. The van der Waals surface area contributed by atoms with Crippen LogP contribution in [0.4, 0.5) is 0 Å². The van der Waals surface area contributed by atoms with Crippen molar-refractivity contribution in [2.24, 2.45) is 5.10 Å². The Labute approximate surface area is 105 Å². The molecule has 2 heterocycles. The first-order valence-corrected chi connectivity index (χ1v) is 6.64. The number of hydrogen-bond donors (Lipinski definition) is 0. The third-order valence-corrected chi connectivity index (χ3v) is 4.99. The molecule has 2 atom stereocenters. The maximum absolute atomic E-state index is 11.0. The Morgan fingerprint density at radius 1 is 1.47 bits per heavy atom. The van der Waals surface area contributed by atoms with Gasteiger partial charge in [-0.05, 0) is 28.8 Å². The highest BCUT2D eigenvalue weighted by Crippen LogP contribution is 2.29. The molecule has 0 spiro atoms. The summed E-state index contributed by atoms with van der Waals surface area (Å²) in [6.07, 6.45) is 2.83. The molecule has 0 bridgehead atoms. The van der Waals surface area contributed by atoms with Gasteiger partial charge in [-0.25, -0.2) is 0 Å². The number of carbonyl (C=O) groups excluding carboxylic acids is 1. The molecule has 2 aliphatic heterocycles. The van der Waals surface area contributed by atoms with E-state index in [1.165, 1.54) is 0 Å². The molecule has 0 amide bonds. The van der Waals surface area contributed by atoms with Crippen molar-refractivity contribution in [2.75, 3.05) is 13.2 Å². The highest BCUT2D eigenvalue weighted by Gasteiger charge is 2.38. The monoisotopic (exact) mass is 338 g/mol. The van der Waals surface area contributed by atoms with Crippen LogP contribution in [0, 0.1) is 0 Å². The molecule has 15 heavy (non-hydrogen) atoms. The number of hydrazone groups is 1. The van der Waals surface area contributed by atoms with Gasteiger partial charge in [0.15, 0.2) is 0 Å². The lowest BCUT2D eigenvalue weighted by Crippen LogP contribution is -2.43. The Hall–Kier alpha value is 0.0600. The number of hydrogen-bond acceptors (Lipinski definition) is 4.